The molecule has 5 heteroatoms. The summed E-state index contributed by atoms with van der Waals surface area (Å²) in [7, 11) is 0. The van der Waals surface area contributed by atoms with Crippen LogP contribution in [0.4, 0.5) is 5.69 Å². The highest BCUT2D eigenvalue weighted by Gasteiger charge is 2.36. The fraction of sp³-hybridized carbons (Fsp3) is 0.200. The minimum atomic E-state index is -0.0644. The van der Waals surface area contributed by atoms with E-state index in [9.17, 15) is 0 Å². The van der Waals surface area contributed by atoms with Gasteiger partial charge < -0.3 is 10.5 Å². The molecule has 0 fully saturated rings. The third-order valence-corrected chi connectivity index (χ3v) is 7.02. The number of aryl methyl sites for hydroxylation is 1. The number of hydrogen-bond acceptors (Lipinski definition) is 4. The highest BCUT2D eigenvalue weighted by molar-refractivity contribution is 9.10. The van der Waals surface area contributed by atoms with E-state index in [1.807, 2.05) is 18.3 Å². The van der Waals surface area contributed by atoms with Crippen molar-refractivity contribution in [3.05, 3.63) is 87.1 Å². The first-order valence-corrected chi connectivity index (χ1v) is 11.1. The summed E-state index contributed by atoms with van der Waals surface area (Å²) < 4.78 is 7.51. The first-order valence-electron chi connectivity index (χ1n) is 10.3. The first-order chi connectivity index (χ1) is 14.7. The van der Waals surface area contributed by atoms with Gasteiger partial charge in [-0.1, -0.05) is 52.3 Å². The lowest BCUT2D eigenvalue weighted by Gasteiger charge is -2.32. The minimum Gasteiger partial charge on any atom is -0.436 e. The third kappa shape index (κ3) is 2.58. The molecule has 0 spiro atoms. The molecule has 1 atom stereocenters. The quantitative estimate of drug-likeness (QED) is 0.328. The highest BCUT2D eigenvalue weighted by atomic mass is 79.9. The van der Waals surface area contributed by atoms with Crippen LogP contribution in [-0.2, 0) is 12.8 Å². The number of benzene rings is 2. The zero-order valence-electron chi connectivity index (χ0n) is 16.4. The zero-order chi connectivity index (χ0) is 20.2. The average Bonchev–Trinajstić information content (AvgIpc) is 2.78. The predicted octanol–water partition coefficient (Wildman–Crippen LogP) is 6.14. The van der Waals surface area contributed by atoms with Gasteiger partial charge in [-0.15, -0.1) is 0 Å². The van der Waals surface area contributed by atoms with Gasteiger partial charge in [0.2, 0.25) is 5.88 Å². The molecular formula is C25H20BrN3O. The van der Waals surface area contributed by atoms with Gasteiger partial charge in [-0.25, -0.2) is 4.98 Å². The van der Waals surface area contributed by atoms with Gasteiger partial charge in [0.05, 0.1) is 5.56 Å². The van der Waals surface area contributed by atoms with E-state index in [0.717, 1.165) is 74.9 Å². The molecule has 148 valence electrons. The molecule has 2 aromatic carbocycles. The number of fused-ring (bicyclic) bond motifs is 5. The fourth-order valence-electron chi connectivity index (χ4n) is 4.87. The normalized spacial score (nSPS) is 17.0. The van der Waals surface area contributed by atoms with Crippen LogP contribution in [0.15, 0.2) is 59.2 Å². The van der Waals surface area contributed by atoms with Crippen LogP contribution in [0.25, 0.3) is 10.9 Å². The first kappa shape index (κ1) is 17.9. The SMILES string of the molecule is Nc1c2c(nc3c1C(c1ccccc1Br)c1ccc4cccnc4c1O3)CCCC2. The molecule has 2 aliphatic rings. The maximum absolute atomic E-state index is 6.82. The third-order valence-electron chi connectivity index (χ3n) is 6.29. The molecular weight excluding hydrogens is 438 g/mol. The van der Waals surface area contributed by atoms with Gasteiger partial charge in [-0.2, -0.15) is 0 Å². The van der Waals surface area contributed by atoms with Crippen LogP contribution in [0.2, 0.25) is 0 Å². The Balaban J connectivity index is 1.69. The van der Waals surface area contributed by atoms with E-state index in [1.165, 1.54) is 5.56 Å². The van der Waals surface area contributed by atoms with Crippen molar-refractivity contribution in [1.29, 1.82) is 0 Å². The predicted molar refractivity (Wildman–Crippen MR) is 122 cm³/mol. The summed E-state index contributed by atoms with van der Waals surface area (Å²) in [5.74, 6) is 1.34. The zero-order valence-corrected chi connectivity index (χ0v) is 17.9. The number of aromatic nitrogens is 2. The molecule has 1 aliphatic heterocycles. The smallest absolute Gasteiger partial charge is 0.225 e. The van der Waals surface area contributed by atoms with E-state index in [1.54, 1.807) is 0 Å². The minimum absolute atomic E-state index is 0.0644. The molecule has 0 saturated carbocycles. The Morgan fingerprint density at radius 1 is 0.967 bits per heavy atom. The van der Waals surface area contributed by atoms with Crippen molar-refractivity contribution in [2.45, 2.75) is 31.6 Å². The molecule has 1 unspecified atom stereocenters. The number of ether oxygens (including phenoxy) is 1. The van der Waals surface area contributed by atoms with Crippen molar-refractivity contribution >= 4 is 32.5 Å². The van der Waals surface area contributed by atoms with E-state index in [-0.39, 0.29) is 5.92 Å². The number of rotatable bonds is 1. The monoisotopic (exact) mass is 457 g/mol. The number of hydrogen-bond donors (Lipinski definition) is 1. The maximum atomic E-state index is 6.82. The van der Waals surface area contributed by atoms with E-state index >= 15 is 0 Å². The number of nitrogen functional groups attached to an aromatic ring is 1. The van der Waals surface area contributed by atoms with Gasteiger partial charge in [0.1, 0.15) is 5.52 Å². The van der Waals surface area contributed by atoms with Gasteiger partial charge in [-0.05, 0) is 48.9 Å². The topological polar surface area (TPSA) is 61.0 Å². The van der Waals surface area contributed by atoms with Gasteiger partial charge in [0.25, 0.3) is 0 Å². The lowest BCUT2D eigenvalue weighted by molar-refractivity contribution is 0.434. The lowest BCUT2D eigenvalue weighted by atomic mass is 9.80. The van der Waals surface area contributed by atoms with Crippen LogP contribution in [0.3, 0.4) is 0 Å². The second-order valence-electron chi connectivity index (χ2n) is 7.99. The van der Waals surface area contributed by atoms with Crippen LogP contribution in [0.1, 0.15) is 46.7 Å². The van der Waals surface area contributed by atoms with Gasteiger partial charge in [0.15, 0.2) is 5.75 Å². The molecule has 1 aliphatic carbocycles. The van der Waals surface area contributed by atoms with Crippen molar-refractivity contribution in [1.82, 2.24) is 9.97 Å². The van der Waals surface area contributed by atoms with Crippen molar-refractivity contribution in [2.75, 3.05) is 5.73 Å². The summed E-state index contributed by atoms with van der Waals surface area (Å²) in [6.45, 7) is 0. The summed E-state index contributed by atoms with van der Waals surface area (Å²) in [4.78, 5) is 9.61. The van der Waals surface area contributed by atoms with Crippen molar-refractivity contribution < 1.29 is 4.74 Å². The Morgan fingerprint density at radius 2 is 1.83 bits per heavy atom. The van der Waals surface area contributed by atoms with Gasteiger partial charge in [0, 0.05) is 38.9 Å². The van der Waals surface area contributed by atoms with Crippen LogP contribution >= 0.6 is 15.9 Å². The van der Waals surface area contributed by atoms with Gasteiger partial charge in [-0.3, -0.25) is 4.98 Å². The second kappa shape index (κ2) is 6.81. The molecule has 2 aromatic heterocycles. The molecule has 0 radical (unpaired) electrons. The summed E-state index contributed by atoms with van der Waals surface area (Å²) in [5, 5.41) is 1.05. The summed E-state index contributed by atoms with van der Waals surface area (Å²) in [6.07, 6.45) is 6.05. The van der Waals surface area contributed by atoms with E-state index in [0.29, 0.717) is 5.88 Å². The number of nitrogens with zero attached hydrogens (tertiary/aromatic N) is 2. The number of pyridine rings is 2. The fourth-order valence-corrected chi connectivity index (χ4v) is 5.39. The molecule has 4 nitrogen and oxygen atoms in total. The Bertz CT molecular complexity index is 1320. The molecule has 2 N–H and O–H groups in total. The van der Waals surface area contributed by atoms with E-state index < -0.39 is 0 Å². The molecule has 30 heavy (non-hydrogen) atoms. The van der Waals surface area contributed by atoms with E-state index in [4.69, 9.17) is 15.5 Å². The largest absolute Gasteiger partial charge is 0.436 e. The van der Waals surface area contributed by atoms with Crippen LogP contribution < -0.4 is 10.5 Å². The Kier molecular flexibility index (Phi) is 4.06. The van der Waals surface area contributed by atoms with Crippen molar-refractivity contribution in [2.24, 2.45) is 0 Å². The second-order valence-corrected chi connectivity index (χ2v) is 8.85. The Morgan fingerprint density at radius 3 is 2.73 bits per heavy atom. The van der Waals surface area contributed by atoms with Crippen molar-refractivity contribution in [3.63, 3.8) is 0 Å². The summed E-state index contributed by atoms with van der Waals surface area (Å²) in [6, 6.07) is 16.6. The van der Waals surface area contributed by atoms with Crippen LogP contribution in [0.5, 0.6) is 11.6 Å². The molecule has 0 bridgehead atoms. The molecule has 3 heterocycles. The lowest BCUT2D eigenvalue weighted by Crippen LogP contribution is -2.20. The molecule has 0 amide bonds. The summed E-state index contributed by atoms with van der Waals surface area (Å²) >= 11 is 3.77. The average molecular weight is 458 g/mol. The molecule has 4 aromatic rings. The van der Waals surface area contributed by atoms with Crippen molar-refractivity contribution in [3.8, 4) is 11.6 Å². The highest BCUT2D eigenvalue weighted by Crippen LogP contribution is 2.53. The van der Waals surface area contributed by atoms with Crippen LogP contribution in [-0.4, -0.2) is 9.97 Å². The van der Waals surface area contributed by atoms with E-state index in [2.05, 4.69) is 57.3 Å². The van der Waals surface area contributed by atoms with Crippen LogP contribution in [0, 0.1) is 0 Å². The molecule has 0 saturated heterocycles. The Hall–Kier alpha value is -2.92. The standard InChI is InChI=1S/C25H20BrN3O/c26-18-9-3-1-7-15(18)20-17-12-11-14-6-5-13-28-23(14)24(17)30-25-21(20)22(27)16-8-2-4-10-19(16)29-25/h1,3,5-7,9,11-13,20H,2,4,8,10H2,(H2,27,29). The number of nitrogens with two attached hydrogens (primary N) is 1. The summed E-state index contributed by atoms with van der Waals surface area (Å²) in [5.41, 5.74) is 14.0. The Labute approximate surface area is 183 Å². The molecule has 6 rings (SSSR count). The number of anilines is 1. The number of halogens is 1. The van der Waals surface area contributed by atoms with Gasteiger partial charge >= 0.3 is 0 Å². The maximum Gasteiger partial charge on any atom is 0.225 e.